The summed E-state index contributed by atoms with van der Waals surface area (Å²) in [7, 11) is 0. The molecule has 0 spiro atoms. The van der Waals surface area contributed by atoms with E-state index in [1.54, 1.807) is 43.0 Å². The largest absolute Gasteiger partial charge is 0.476 e. The summed E-state index contributed by atoms with van der Waals surface area (Å²) in [6.45, 7) is 3.37. The molecule has 3 aromatic heterocycles. The number of rotatable bonds is 5. The van der Waals surface area contributed by atoms with Gasteiger partial charge in [0, 0.05) is 17.1 Å². The maximum atomic E-state index is 13.4. The zero-order chi connectivity index (χ0) is 23.4. The van der Waals surface area contributed by atoms with E-state index in [4.69, 9.17) is 0 Å². The van der Waals surface area contributed by atoms with Crippen molar-refractivity contribution in [1.29, 1.82) is 0 Å². The maximum absolute atomic E-state index is 13.4. The van der Waals surface area contributed by atoms with Crippen molar-refractivity contribution in [2.45, 2.75) is 45.3 Å². The first-order valence-electron chi connectivity index (χ1n) is 10.6. The van der Waals surface area contributed by atoms with E-state index >= 15 is 0 Å². The van der Waals surface area contributed by atoms with E-state index in [1.807, 2.05) is 0 Å². The number of anilines is 1. The van der Waals surface area contributed by atoms with E-state index < -0.39 is 12.0 Å². The Labute approximate surface area is 197 Å². The van der Waals surface area contributed by atoms with Gasteiger partial charge in [0.15, 0.2) is 5.69 Å². The van der Waals surface area contributed by atoms with Crippen LogP contribution < -0.4 is 5.32 Å². The van der Waals surface area contributed by atoms with Gasteiger partial charge in [-0.2, -0.15) is 5.10 Å². The molecule has 10 nitrogen and oxygen atoms in total. The molecular formula is C22H21BrN6O4. The summed E-state index contributed by atoms with van der Waals surface area (Å²) in [6, 6.07) is 6.28. The number of aromatic carboxylic acids is 1. The van der Waals surface area contributed by atoms with Gasteiger partial charge in [-0.05, 0) is 66.7 Å². The lowest BCUT2D eigenvalue weighted by molar-refractivity contribution is -0.138. The predicted octanol–water partition coefficient (Wildman–Crippen LogP) is 2.53. The molecular weight excluding hydrogens is 492 g/mol. The van der Waals surface area contributed by atoms with Crippen LogP contribution >= 0.6 is 15.9 Å². The summed E-state index contributed by atoms with van der Waals surface area (Å²) >= 11 is 3.28. The molecule has 0 unspecified atom stereocenters. The molecule has 33 heavy (non-hydrogen) atoms. The first kappa shape index (κ1) is 21.5. The molecule has 4 heterocycles. The number of carboxylic acids is 1. The van der Waals surface area contributed by atoms with Crippen LogP contribution in [0.4, 0.5) is 5.82 Å². The number of hydrogen-bond acceptors (Lipinski definition) is 6. The molecule has 170 valence electrons. The summed E-state index contributed by atoms with van der Waals surface area (Å²) in [6.07, 6.45) is 1.46. The number of piperidine rings is 1. The van der Waals surface area contributed by atoms with Crippen molar-refractivity contribution in [2.75, 3.05) is 5.32 Å². The number of amides is 2. The van der Waals surface area contributed by atoms with E-state index in [-0.39, 0.29) is 30.1 Å². The second-order valence-corrected chi connectivity index (χ2v) is 9.32. The summed E-state index contributed by atoms with van der Waals surface area (Å²) in [4.78, 5) is 48.4. The van der Waals surface area contributed by atoms with Crippen LogP contribution in [0.5, 0.6) is 0 Å². The Kier molecular flexibility index (Phi) is 5.15. The average molecular weight is 513 g/mol. The summed E-state index contributed by atoms with van der Waals surface area (Å²) in [5.41, 5.74) is 1.66. The van der Waals surface area contributed by atoms with Crippen molar-refractivity contribution < 1.29 is 19.5 Å². The van der Waals surface area contributed by atoms with Crippen LogP contribution in [0.1, 0.15) is 34.7 Å². The molecule has 5 rings (SSSR count). The Morgan fingerprint density at radius 1 is 1.21 bits per heavy atom. The third kappa shape index (κ3) is 3.86. The number of aromatic nitrogens is 4. The van der Waals surface area contributed by atoms with Gasteiger partial charge in [-0.15, -0.1) is 0 Å². The number of carboxylic acid groups (broad SMARTS) is 1. The molecule has 0 aromatic carbocycles. The van der Waals surface area contributed by atoms with E-state index in [0.29, 0.717) is 45.1 Å². The Bertz CT molecular complexity index is 1320. The first-order chi connectivity index (χ1) is 15.7. The van der Waals surface area contributed by atoms with E-state index in [2.05, 4.69) is 36.3 Å². The van der Waals surface area contributed by atoms with Gasteiger partial charge in [0.25, 0.3) is 0 Å². The number of aryl methyl sites for hydroxylation is 2. The highest BCUT2D eigenvalue weighted by atomic mass is 79.9. The summed E-state index contributed by atoms with van der Waals surface area (Å²) < 4.78 is 1.99. The Balaban J connectivity index is 1.42. The Hall–Kier alpha value is -3.34. The normalized spacial score (nSPS) is 21.2. The number of carbonyl (C=O) groups excluding carboxylic acids is 2. The number of likely N-dealkylation sites (tertiary alicyclic amines) is 1. The number of carbonyl (C=O) groups is 3. The molecule has 2 N–H and O–H groups in total. The Morgan fingerprint density at radius 3 is 2.73 bits per heavy atom. The van der Waals surface area contributed by atoms with Gasteiger partial charge in [-0.3, -0.25) is 19.3 Å². The summed E-state index contributed by atoms with van der Waals surface area (Å²) in [5, 5.41) is 17.0. The van der Waals surface area contributed by atoms with Crippen molar-refractivity contribution in [3.8, 4) is 0 Å². The maximum Gasteiger partial charge on any atom is 0.357 e. The number of nitrogens with zero attached hydrogens (tertiary/aromatic N) is 5. The highest BCUT2D eigenvalue weighted by molar-refractivity contribution is 9.10. The molecule has 3 aromatic rings. The van der Waals surface area contributed by atoms with Crippen LogP contribution in [0.2, 0.25) is 0 Å². The molecule has 2 fully saturated rings. The van der Waals surface area contributed by atoms with Crippen molar-refractivity contribution in [3.63, 3.8) is 0 Å². The third-order valence-corrected chi connectivity index (χ3v) is 6.62. The zero-order valence-corrected chi connectivity index (χ0v) is 19.5. The topological polar surface area (TPSA) is 130 Å². The number of pyridine rings is 2. The van der Waals surface area contributed by atoms with E-state index in [1.165, 1.54) is 4.68 Å². The minimum atomic E-state index is -1.17. The van der Waals surface area contributed by atoms with Gasteiger partial charge >= 0.3 is 5.97 Å². The highest BCUT2D eigenvalue weighted by Crippen LogP contribution is 2.48. The standard InChI is InChI=1S/C22H21BrN6O4/c1-10-6-13-19(22(32)33)27-28(20(13)11(2)24-10)9-18(30)29-14-7-12(14)8-15(29)21(31)26-17-5-3-4-16(23)25-17/h3-6,12,14-15H,7-9H2,1-2H3,(H,32,33)(H,25,26,31)/t12-,14-,15+/m1/s1. The first-order valence-corrected chi connectivity index (χ1v) is 11.3. The van der Waals surface area contributed by atoms with Crippen LogP contribution in [0.15, 0.2) is 28.9 Å². The van der Waals surface area contributed by atoms with Crippen molar-refractivity contribution in [1.82, 2.24) is 24.6 Å². The lowest BCUT2D eigenvalue weighted by Crippen LogP contribution is -2.46. The second-order valence-electron chi connectivity index (χ2n) is 8.51. The molecule has 0 radical (unpaired) electrons. The smallest absolute Gasteiger partial charge is 0.357 e. The molecule has 11 heteroatoms. The third-order valence-electron chi connectivity index (χ3n) is 6.18. The predicted molar refractivity (Wildman–Crippen MR) is 122 cm³/mol. The molecule has 1 saturated carbocycles. The molecule has 1 saturated heterocycles. The second kappa shape index (κ2) is 7.91. The van der Waals surface area contributed by atoms with Crippen LogP contribution in [0.3, 0.4) is 0 Å². The fourth-order valence-corrected chi connectivity index (χ4v) is 5.12. The van der Waals surface area contributed by atoms with E-state index in [0.717, 1.165) is 6.42 Å². The minimum absolute atomic E-state index is 0.0194. The number of hydrogen-bond donors (Lipinski definition) is 2. The highest BCUT2D eigenvalue weighted by Gasteiger charge is 2.56. The van der Waals surface area contributed by atoms with Crippen molar-refractivity contribution >= 4 is 50.4 Å². The minimum Gasteiger partial charge on any atom is -0.476 e. The quantitative estimate of drug-likeness (QED) is 0.502. The van der Waals surface area contributed by atoms with Gasteiger partial charge < -0.3 is 15.3 Å². The lowest BCUT2D eigenvalue weighted by atomic mass is 10.1. The van der Waals surface area contributed by atoms with Gasteiger partial charge in [0.05, 0.1) is 11.2 Å². The summed E-state index contributed by atoms with van der Waals surface area (Å²) in [5.74, 6) is -1.02. The van der Waals surface area contributed by atoms with Crippen LogP contribution in [0, 0.1) is 19.8 Å². The Morgan fingerprint density at radius 2 is 2.00 bits per heavy atom. The molecule has 3 atom stereocenters. The van der Waals surface area contributed by atoms with Crippen LogP contribution in [-0.2, 0) is 16.1 Å². The van der Waals surface area contributed by atoms with Gasteiger partial charge in [-0.25, -0.2) is 9.78 Å². The molecule has 1 aliphatic carbocycles. The van der Waals surface area contributed by atoms with Crippen LogP contribution in [0.25, 0.3) is 10.9 Å². The van der Waals surface area contributed by atoms with Gasteiger partial charge in [-0.1, -0.05) is 6.07 Å². The average Bonchev–Trinajstić information content (AvgIpc) is 3.23. The lowest BCUT2D eigenvalue weighted by Gasteiger charge is -2.27. The molecule has 2 amide bonds. The monoisotopic (exact) mass is 512 g/mol. The zero-order valence-electron chi connectivity index (χ0n) is 17.9. The number of nitrogens with one attached hydrogen (secondary N) is 1. The fourth-order valence-electron chi connectivity index (χ4n) is 4.77. The van der Waals surface area contributed by atoms with Gasteiger partial charge in [0.1, 0.15) is 23.0 Å². The molecule has 0 bridgehead atoms. The van der Waals surface area contributed by atoms with Crippen molar-refractivity contribution in [2.24, 2.45) is 5.92 Å². The fraction of sp³-hybridized carbons (Fsp3) is 0.364. The molecule has 2 aliphatic rings. The number of halogens is 1. The van der Waals surface area contributed by atoms with Crippen molar-refractivity contribution in [3.05, 3.63) is 46.0 Å². The number of fused-ring (bicyclic) bond motifs is 2. The van der Waals surface area contributed by atoms with E-state index in [9.17, 15) is 19.5 Å². The SMILES string of the molecule is Cc1cc2c(C(=O)O)nn(CC(=O)N3[C@@H]4C[C@@H]4C[C@H]3C(=O)Nc3cccc(Br)n3)c2c(C)n1. The molecule has 1 aliphatic heterocycles. The van der Waals surface area contributed by atoms with Gasteiger partial charge in [0.2, 0.25) is 11.8 Å². The van der Waals surface area contributed by atoms with Crippen LogP contribution in [-0.4, -0.2) is 59.6 Å².